The maximum atomic E-state index is 12.0. The average Bonchev–Trinajstić information content (AvgIpc) is 2.47. The zero-order chi connectivity index (χ0) is 14.4. The van der Waals surface area contributed by atoms with Crippen molar-refractivity contribution in [2.45, 2.75) is 31.2 Å². The minimum absolute atomic E-state index is 0.0298. The van der Waals surface area contributed by atoms with Gasteiger partial charge in [-0.1, -0.05) is 12.1 Å². The third-order valence-corrected chi connectivity index (χ3v) is 3.78. The summed E-state index contributed by atoms with van der Waals surface area (Å²) < 4.78 is 5.27. The van der Waals surface area contributed by atoms with Gasteiger partial charge < -0.3 is 20.9 Å². The lowest BCUT2D eigenvalue weighted by molar-refractivity contribution is -0.125. The molecule has 1 amide bonds. The first-order valence-electron chi connectivity index (χ1n) is 6.98. The van der Waals surface area contributed by atoms with Gasteiger partial charge in [0, 0.05) is 25.3 Å². The number of carbonyl (C=O) groups excluding carboxylic acids is 1. The fourth-order valence-corrected chi connectivity index (χ4v) is 2.39. The Morgan fingerprint density at radius 2 is 1.95 bits per heavy atom. The van der Waals surface area contributed by atoms with Crippen LogP contribution in [0.25, 0.3) is 0 Å². The van der Waals surface area contributed by atoms with Crippen molar-refractivity contribution in [2.75, 3.05) is 25.6 Å². The summed E-state index contributed by atoms with van der Waals surface area (Å²) in [4.78, 5) is 12.0. The van der Waals surface area contributed by atoms with Crippen LogP contribution in [0.15, 0.2) is 24.3 Å². The molecule has 5 nitrogen and oxygen atoms in total. The standard InChI is InChI=1S/C15H22N2O3/c16-13-4-1-12(2-5-13)3-6-14(19)17-15(11-18)7-9-20-10-8-15/h1-2,4-5,18H,3,6-11,16H2,(H,17,19). The van der Waals surface area contributed by atoms with Gasteiger partial charge in [-0.05, 0) is 37.0 Å². The Balaban J connectivity index is 1.83. The van der Waals surface area contributed by atoms with Gasteiger partial charge >= 0.3 is 0 Å². The third-order valence-electron chi connectivity index (χ3n) is 3.78. The molecule has 5 heteroatoms. The molecule has 1 aromatic carbocycles. The molecular weight excluding hydrogens is 256 g/mol. The number of nitrogen functional groups attached to an aromatic ring is 1. The van der Waals surface area contributed by atoms with E-state index in [0.29, 0.717) is 38.9 Å². The summed E-state index contributed by atoms with van der Waals surface area (Å²) in [6, 6.07) is 7.53. The molecule has 4 N–H and O–H groups in total. The monoisotopic (exact) mass is 278 g/mol. The van der Waals surface area contributed by atoms with Crippen molar-refractivity contribution < 1.29 is 14.6 Å². The van der Waals surface area contributed by atoms with Crippen LogP contribution < -0.4 is 11.1 Å². The lowest BCUT2D eigenvalue weighted by Crippen LogP contribution is -2.54. The van der Waals surface area contributed by atoms with Crippen LogP contribution in [-0.2, 0) is 16.0 Å². The van der Waals surface area contributed by atoms with Crippen molar-refractivity contribution in [1.82, 2.24) is 5.32 Å². The van der Waals surface area contributed by atoms with Crippen LogP contribution in [-0.4, -0.2) is 36.4 Å². The highest BCUT2D eigenvalue weighted by Crippen LogP contribution is 2.20. The number of hydrogen-bond acceptors (Lipinski definition) is 4. The molecule has 1 aliphatic heterocycles. The molecule has 1 fully saturated rings. The molecule has 1 heterocycles. The van der Waals surface area contributed by atoms with Gasteiger partial charge in [0.2, 0.25) is 5.91 Å². The second-order valence-corrected chi connectivity index (χ2v) is 5.34. The molecular formula is C15H22N2O3. The molecule has 0 atom stereocenters. The van der Waals surface area contributed by atoms with E-state index in [1.807, 2.05) is 24.3 Å². The van der Waals surface area contributed by atoms with Crippen molar-refractivity contribution >= 4 is 11.6 Å². The van der Waals surface area contributed by atoms with Gasteiger partial charge in [-0.2, -0.15) is 0 Å². The molecule has 1 aliphatic rings. The van der Waals surface area contributed by atoms with E-state index in [-0.39, 0.29) is 12.5 Å². The number of anilines is 1. The van der Waals surface area contributed by atoms with Crippen molar-refractivity contribution in [3.8, 4) is 0 Å². The molecule has 0 bridgehead atoms. The Kier molecular flexibility index (Phi) is 4.98. The highest BCUT2D eigenvalue weighted by molar-refractivity contribution is 5.77. The zero-order valence-electron chi connectivity index (χ0n) is 11.6. The van der Waals surface area contributed by atoms with Crippen molar-refractivity contribution in [1.29, 1.82) is 0 Å². The average molecular weight is 278 g/mol. The van der Waals surface area contributed by atoms with Gasteiger partial charge in [-0.25, -0.2) is 0 Å². The topological polar surface area (TPSA) is 84.6 Å². The van der Waals surface area contributed by atoms with Crippen LogP contribution in [0, 0.1) is 0 Å². The third kappa shape index (κ3) is 3.95. The SMILES string of the molecule is Nc1ccc(CCC(=O)NC2(CO)CCOCC2)cc1. The van der Waals surface area contributed by atoms with E-state index < -0.39 is 5.54 Å². The van der Waals surface area contributed by atoms with Crippen LogP contribution in [0.1, 0.15) is 24.8 Å². The first-order valence-corrected chi connectivity index (χ1v) is 6.98. The lowest BCUT2D eigenvalue weighted by Gasteiger charge is -2.36. The number of carbonyl (C=O) groups is 1. The highest BCUT2D eigenvalue weighted by Gasteiger charge is 2.33. The Morgan fingerprint density at radius 1 is 1.30 bits per heavy atom. The molecule has 20 heavy (non-hydrogen) atoms. The number of aryl methyl sites for hydroxylation is 1. The Morgan fingerprint density at radius 3 is 2.55 bits per heavy atom. The zero-order valence-corrected chi connectivity index (χ0v) is 11.6. The maximum absolute atomic E-state index is 12.0. The maximum Gasteiger partial charge on any atom is 0.220 e. The molecule has 0 spiro atoms. The Bertz CT molecular complexity index is 439. The quantitative estimate of drug-likeness (QED) is 0.697. The van der Waals surface area contributed by atoms with Crippen LogP contribution in [0.4, 0.5) is 5.69 Å². The second kappa shape index (κ2) is 6.72. The Hall–Kier alpha value is -1.59. The van der Waals surface area contributed by atoms with Gasteiger partial charge in [0.15, 0.2) is 0 Å². The van der Waals surface area contributed by atoms with E-state index in [1.54, 1.807) is 0 Å². The number of benzene rings is 1. The van der Waals surface area contributed by atoms with Crippen molar-refractivity contribution in [3.05, 3.63) is 29.8 Å². The molecule has 0 saturated carbocycles. The van der Waals surface area contributed by atoms with Gasteiger partial charge in [-0.15, -0.1) is 0 Å². The van der Waals surface area contributed by atoms with E-state index in [4.69, 9.17) is 10.5 Å². The summed E-state index contributed by atoms with van der Waals surface area (Å²) in [7, 11) is 0. The normalized spacial score (nSPS) is 17.6. The minimum atomic E-state index is -0.504. The summed E-state index contributed by atoms with van der Waals surface area (Å²) in [5, 5.41) is 12.5. The molecule has 1 aromatic rings. The number of aliphatic hydroxyl groups excluding tert-OH is 1. The first kappa shape index (κ1) is 14.8. The molecule has 110 valence electrons. The predicted molar refractivity (Wildman–Crippen MR) is 77.2 cm³/mol. The van der Waals surface area contributed by atoms with E-state index in [0.717, 1.165) is 11.3 Å². The lowest BCUT2D eigenvalue weighted by atomic mass is 9.90. The number of hydrogen-bond donors (Lipinski definition) is 3. The number of nitrogens with one attached hydrogen (secondary N) is 1. The summed E-state index contributed by atoms with van der Waals surface area (Å²) in [5.74, 6) is -0.0298. The highest BCUT2D eigenvalue weighted by atomic mass is 16.5. The number of ether oxygens (including phenoxy) is 1. The number of aliphatic hydroxyl groups is 1. The molecule has 1 saturated heterocycles. The number of nitrogens with two attached hydrogens (primary N) is 1. The van der Waals surface area contributed by atoms with Crippen molar-refractivity contribution in [3.63, 3.8) is 0 Å². The van der Waals surface area contributed by atoms with Gasteiger partial charge in [-0.3, -0.25) is 4.79 Å². The molecule has 0 unspecified atom stereocenters. The summed E-state index contributed by atoms with van der Waals surface area (Å²) in [5.41, 5.74) is 6.92. The molecule has 0 aliphatic carbocycles. The predicted octanol–water partition coefficient (Wildman–Crippen LogP) is 0.859. The summed E-state index contributed by atoms with van der Waals surface area (Å²) >= 11 is 0. The minimum Gasteiger partial charge on any atom is -0.399 e. The van der Waals surface area contributed by atoms with Crippen molar-refractivity contribution in [2.24, 2.45) is 0 Å². The molecule has 2 rings (SSSR count). The van der Waals surface area contributed by atoms with Gasteiger partial charge in [0.05, 0.1) is 12.1 Å². The van der Waals surface area contributed by atoms with Gasteiger partial charge in [0.25, 0.3) is 0 Å². The van der Waals surface area contributed by atoms with Crippen LogP contribution in [0.3, 0.4) is 0 Å². The van der Waals surface area contributed by atoms with Crippen LogP contribution >= 0.6 is 0 Å². The summed E-state index contributed by atoms with van der Waals surface area (Å²) in [6.07, 6.45) is 2.41. The summed E-state index contributed by atoms with van der Waals surface area (Å²) in [6.45, 7) is 1.13. The molecule has 0 radical (unpaired) electrons. The second-order valence-electron chi connectivity index (χ2n) is 5.34. The number of amides is 1. The fraction of sp³-hybridized carbons (Fsp3) is 0.533. The van der Waals surface area contributed by atoms with Crippen LogP contribution in [0.2, 0.25) is 0 Å². The fourth-order valence-electron chi connectivity index (χ4n) is 2.39. The van der Waals surface area contributed by atoms with E-state index in [1.165, 1.54) is 0 Å². The van der Waals surface area contributed by atoms with E-state index in [2.05, 4.69) is 5.32 Å². The van der Waals surface area contributed by atoms with Crippen LogP contribution in [0.5, 0.6) is 0 Å². The number of rotatable bonds is 5. The first-order chi connectivity index (χ1) is 9.63. The largest absolute Gasteiger partial charge is 0.399 e. The van der Waals surface area contributed by atoms with E-state index >= 15 is 0 Å². The van der Waals surface area contributed by atoms with E-state index in [9.17, 15) is 9.90 Å². The Labute approximate surface area is 119 Å². The molecule has 0 aromatic heterocycles. The smallest absolute Gasteiger partial charge is 0.220 e. The van der Waals surface area contributed by atoms with Gasteiger partial charge in [0.1, 0.15) is 0 Å².